The van der Waals surface area contributed by atoms with E-state index in [1.165, 1.54) is 11.3 Å². The summed E-state index contributed by atoms with van der Waals surface area (Å²) in [4.78, 5) is 12.9. The zero-order valence-corrected chi connectivity index (χ0v) is 8.85. The quantitative estimate of drug-likeness (QED) is 0.844. The largest absolute Gasteiger partial charge is 0.443 e. The molecule has 0 bridgehead atoms. The van der Waals surface area contributed by atoms with Gasteiger partial charge in [0.25, 0.3) is 0 Å². The number of nitrogens with zero attached hydrogens (tertiary/aromatic N) is 1. The van der Waals surface area contributed by atoms with Gasteiger partial charge in [0.2, 0.25) is 0 Å². The van der Waals surface area contributed by atoms with Gasteiger partial charge in [-0.15, -0.1) is 11.3 Å². The Bertz CT molecular complexity index is 355. The topological polar surface area (TPSA) is 55.6 Å². The Morgan fingerprint density at radius 3 is 3.00 bits per heavy atom. The van der Waals surface area contributed by atoms with Crippen LogP contribution in [0.3, 0.4) is 0 Å². The number of ether oxygens (including phenoxy) is 1. The minimum absolute atomic E-state index is 0.205. The molecule has 1 saturated heterocycles. The molecule has 1 aliphatic rings. The van der Waals surface area contributed by atoms with Crippen LogP contribution in [0.25, 0.3) is 0 Å². The van der Waals surface area contributed by atoms with E-state index in [4.69, 9.17) is 22.1 Å². The lowest BCUT2D eigenvalue weighted by Gasteiger charge is -2.08. The summed E-state index contributed by atoms with van der Waals surface area (Å²) in [5.74, 6) is 0. The van der Waals surface area contributed by atoms with Crippen LogP contribution in [0.15, 0.2) is 12.1 Å². The van der Waals surface area contributed by atoms with Crippen molar-refractivity contribution in [3.05, 3.63) is 16.5 Å². The van der Waals surface area contributed by atoms with Crippen LogP contribution in [0.5, 0.6) is 0 Å². The molecular weight excluding hydrogens is 224 g/mol. The number of hydrogen-bond acceptors (Lipinski definition) is 4. The average Bonchev–Trinajstić information content (AvgIpc) is 2.71. The number of thiophene rings is 1. The second-order valence-corrected chi connectivity index (χ2v) is 4.62. The van der Waals surface area contributed by atoms with Gasteiger partial charge in [-0.3, -0.25) is 4.90 Å². The van der Waals surface area contributed by atoms with E-state index in [1.807, 2.05) is 0 Å². The molecule has 0 saturated carbocycles. The maximum absolute atomic E-state index is 11.4. The van der Waals surface area contributed by atoms with E-state index in [9.17, 15) is 4.79 Å². The van der Waals surface area contributed by atoms with Gasteiger partial charge in [-0.1, -0.05) is 11.6 Å². The fourth-order valence-electron chi connectivity index (χ4n) is 1.27. The lowest BCUT2D eigenvalue weighted by molar-refractivity contribution is 0.145. The summed E-state index contributed by atoms with van der Waals surface area (Å²) in [5.41, 5.74) is 5.41. The first-order chi connectivity index (χ1) is 6.70. The molecule has 1 unspecified atom stereocenters. The predicted molar refractivity (Wildman–Crippen MR) is 56.0 cm³/mol. The molecule has 2 N–H and O–H groups in total. The Morgan fingerprint density at radius 1 is 1.71 bits per heavy atom. The highest BCUT2D eigenvalue weighted by atomic mass is 35.5. The zero-order chi connectivity index (χ0) is 10.1. The normalized spacial score (nSPS) is 21.4. The average molecular weight is 233 g/mol. The van der Waals surface area contributed by atoms with Gasteiger partial charge < -0.3 is 10.5 Å². The molecule has 1 aromatic rings. The Kier molecular flexibility index (Phi) is 2.62. The molecule has 1 aliphatic heterocycles. The van der Waals surface area contributed by atoms with Crippen LogP contribution in [0, 0.1) is 0 Å². The van der Waals surface area contributed by atoms with Crippen molar-refractivity contribution in [2.45, 2.75) is 6.10 Å². The lowest BCUT2D eigenvalue weighted by Crippen LogP contribution is -2.26. The highest BCUT2D eigenvalue weighted by molar-refractivity contribution is 7.20. The fourth-order valence-corrected chi connectivity index (χ4v) is 2.31. The van der Waals surface area contributed by atoms with Crippen LogP contribution >= 0.6 is 22.9 Å². The monoisotopic (exact) mass is 232 g/mol. The van der Waals surface area contributed by atoms with Crippen molar-refractivity contribution >= 4 is 34.0 Å². The standard InChI is InChI=1S/C8H9ClN2O2S/c9-6-1-2-7(14-6)11-4-5(3-10)13-8(11)12/h1-2,5H,3-4,10H2. The number of amides is 1. The molecule has 1 aromatic heterocycles. The number of nitrogens with two attached hydrogens (primary N) is 1. The molecule has 14 heavy (non-hydrogen) atoms. The van der Waals surface area contributed by atoms with E-state index < -0.39 is 0 Å². The third-order valence-corrected chi connectivity index (χ3v) is 3.22. The minimum atomic E-state index is -0.348. The SMILES string of the molecule is NCC1CN(c2ccc(Cl)s2)C(=O)O1. The summed E-state index contributed by atoms with van der Waals surface area (Å²) in [5, 5.41) is 0.802. The molecule has 2 rings (SSSR count). The van der Waals surface area contributed by atoms with Crippen molar-refractivity contribution in [3.8, 4) is 0 Å². The first-order valence-electron chi connectivity index (χ1n) is 4.14. The van der Waals surface area contributed by atoms with Crippen LogP contribution < -0.4 is 10.6 Å². The van der Waals surface area contributed by atoms with Gasteiger partial charge >= 0.3 is 6.09 Å². The Labute approximate surface area is 90.2 Å². The molecule has 0 aliphatic carbocycles. The van der Waals surface area contributed by atoms with E-state index in [-0.39, 0.29) is 12.2 Å². The molecule has 0 spiro atoms. The molecule has 2 heterocycles. The van der Waals surface area contributed by atoms with Crippen molar-refractivity contribution in [1.82, 2.24) is 0 Å². The Morgan fingerprint density at radius 2 is 2.50 bits per heavy atom. The number of hydrogen-bond donors (Lipinski definition) is 1. The van der Waals surface area contributed by atoms with E-state index in [1.54, 1.807) is 17.0 Å². The van der Waals surface area contributed by atoms with Gasteiger partial charge in [-0.05, 0) is 12.1 Å². The molecule has 0 radical (unpaired) electrons. The van der Waals surface area contributed by atoms with Gasteiger partial charge in [0.05, 0.1) is 10.9 Å². The molecule has 4 nitrogen and oxygen atoms in total. The molecule has 1 atom stereocenters. The number of rotatable bonds is 2. The number of carbonyl (C=O) groups is 1. The summed E-state index contributed by atoms with van der Waals surface area (Å²) >= 11 is 7.12. The summed E-state index contributed by atoms with van der Waals surface area (Å²) in [6.45, 7) is 0.855. The molecule has 1 amide bonds. The van der Waals surface area contributed by atoms with Gasteiger partial charge in [0.1, 0.15) is 11.1 Å². The Balaban J connectivity index is 2.16. The predicted octanol–water partition coefficient (Wildman–Crippen LogP) is 1.69. The molecular formula is C8H9ClN2O2S. The minimum Gasteiger partial charge on any atom is -0.443 e. The van der Waals surface area contributed by atoms with Gasteiger partial charge in [-0.25, -0.2) is 4.79 Å². The third-order valence-electron chi connectivity index (χ3n) is 1.96. The van der Waals surface area contributed by atoms with E-state index in [2.05, 4.69) is 0 Å². The van der Waals surface area contributed by atoms with Crippen molar-refractivity contribution < 1.29 is 9.53 Å². The van der Waals surface area contributed by atoms with Crippen molar-refractivity contribution in [2.75, 3.05) is 18.0 Å². The van der Waals surface area contributed by atoms with Crippen molar-refractivity contribution in [1.29, 1.82) is 0 Å². The van der Waals surface area contributed by atoms with Crippen LogP contribution in [-0.4, -0.2) is 25.3 Å². The fraction of sp³-hybridized carbons (Fsp3) is 0.375. The van der Waals surface area contributed by atoms with Crippen LogP contribution in [-0.2, 0) is 4.74 Å². The molecule has 0 aromatic carbocycles. The smallest absolute Gasteiger partial charge is 0.415 e. The number of cyclic esters (lactones) is 1. The van der Waals surface area contributed by atoms with Crippen LogP contribution in [0.1, 0.15) is 0 Å². The summed E-state index contributed by atoms with van der Waals surface area (Å²) < 4.78 is 5.67. The lowest BCUT2D eigenvalue weighted by atomic mass is 10.3. The summed E-state index contributed by atoms with van der Waals surface area (Å²) in [7, 11) is 0. The first kappa shape index (κ1) is 9.76. The van der Waals surface area contributed by atoms with Crippen LogP contribution in [0.2, 0.25) is 4.34 Å². The Hall–Kier alpha value is -0.780. The molecule has 76 valence electrons. The number of anilines is 1. The summed E-state index contributed by atoms with van der Waals surface area (Å²) in [6.07, 6.45) is -0.553. The van der Waals surface area contributed by atoms with Gasteiger partial charge in [-0.2, -0.15) is 0 Å². The zero-order valence-electron chi connectivity index (χ0n) is 7.27. The van der Waals surface area contributed by atoms with Crippen LogP contribution in [0.4, 0.5) is 9.80 Å². The second-order valence-electron chi connectivity index (χ2n) is 2.93. The molecule has 1 fully saturated rings. The molecule has 6 heteroatoms. The van der Waals surface area contributed by atoms with Gasteiger partial charge in [0, 0.05) is 6.54 Å². The van der Waals surface area contributed by atoms with E-state index >= 15 is 0 Å². The number of halogens is 1. The second kappa shape index (κ2) is 3.76. The van der Waals surface area contributed by atoms with Gasteiger partial charge in [0.15, 0.2) is 0 Å². The third kappa shape index (κ3) is 1.70. The van der Waals surface area contributed by atoms with E-state index in [0.29, 0.717) is 17.4 Å². The maximum atomic E-state index is 11.4. The highest BCUT2D eigenvalue weighted by Crippen LogP contribution is 2.31. The first-order valence-corrected chi connectivity index (χ1v) is 5.33. The van der Waals surface area contributed by atoms with Crippen molar-refractivity contribution in [2.24, 2.45) is 5.73 Å². The van der Waals surface area contributed by atoms with Crippen molar-refractivity contribution in [3.63, 3.8) is 0 Å². The highest BCUT2D eigenvalue weighted by Gasteiger charge is 2.32. The maximum Gasteiger partial charge on any atom is 0.415 e. The van der Waals surface area contributed by atoms with E-state index in [0.717, 1.165) is 5.00 Å². The summed E-state index contributed by atoms with van der Waals surface area (Å²) in [6, 6.07) is 3.55. The number of carbonyl (C=O) groups excluding carboxylic acids is 1.